The summed E-state index contributed by atoms with van der Waals surface area (Å²) in [5, 5.41) is 8.34. The second-order valence-corrected chi connectivity index (χ2v) is 3.61. The van der Waals surface area contributed by atoms with Crippen molar-refractivity contribution < 1.29 is 19.4 Å². The van der Waals surface area contributed by atoms with Gasteiger partial charge in [-0.3, -0.25) is 0 Å². The van der Waals surface area contributed by atoms with Gasteiger partial charge in [-0.05, 0) is 26.7 Å². The molecule has 0 aromatic rings. The number of carbonyl (C=O) groups is 1. The van der Waals surface area contributed by atoms with Crippen molar-refractivity contribution >= 4 is 5.97 Å². The van der Waals surface area contributed by atoms with Gasteiger partial charge < -0.3 is 14.6 Å². The Kier molecular flexibility index (Phi) is 3.69. The number of ether oxygens (including phenoxy) is 2. The maximum atomic E-state index is 10.1. The Bertz CT molecular complexity index is 172. The number of rotatable bonds is 5. The van der Waals surface area contributed by atoms with Crippen molar-refractivity contribution in [2.24, 2.45) is 0 Å². The van der Waals surface area contributed by atoms with E-state index in [-0.39, 0.29) is 24.9 Å². The minimum absolute atomic E-state index is 0.0832. The van der Waals surface area contributed by atoms with Crippen molar-refractivity contribution in [3.63, 3.8) is 0 Å². The molecule has 1 saturated carbocycles. The first kappa shape index (κ1) is 10.5. The van der Waals surface area contributed by atoms with E-state index < -0.39 is 5.97 Å². The van der Waals surface area contributed by atoms with Crippen molar-refractivity contribution in [1.29, 1.82) is 0 Å². The van der Waals surface area contributed by atoms with Gasteiger partial charge >= 0.3 is 5.97 Å². The summed E-state index contributed by atoms with van der Waals surface area (Å²) in [7, 11) is 0. The zero-order valence-electron chi connectivity index (χ0n) is 8.03. The lowest BCUT2D eigenvalue weighted by atomic mass is 9.92. The molecule has 1 N–H and O–H groups in total. The number of hydrogen-bond donors (Lipinski definition) is 1. The lowest BCUT2D eigenvalue weighted by molar-refractivity contribution is -0.154. The average molecular weight is 188 g/mol. The Hall–Kier alpha value is -0.610. The van der Waals surface area contributed by atoms with E-state index in [1.54, 1.807) is 0 Å². The quantitative estimate of drug-likeness (QED) is 0.700. The van der Waals surface area contributed by atoms with Gasteiger partial charge in [0.15, 0.2) is 0 Å². The van der Waals surface area contributed by atoms with Gasteiger partial charge in [0.25, 0.3) is 0 Å². The van der Waals surface area contributed by atoms with E-state index in [1.165, 1.54) is 0 Å². The molecule has 13 heavy (non-hydrogen) atoms. The van der Waals surface area contributed by atoms with Gasteiger partial charge in [-0.2, -0.15) is 0 Å². The molecule has 0 unspecified atom stereocenters. The summed E-state index contributed by atoms with van der Waals surface area (Å²) in [6.07, 6.45) is 2.24. The number of carboxylic acids is 1. The largest absolute Gasteiger partial charge is 0.480 e. The maximum absolute atomic E-state index is 10.1. The van der Waals surface area contributed by atoms with Gasteiger partial charge in [0, 0.05) is 0 Å². The second-order valence-electron chi connectivity index (χ2n) is 3.61. The molecule has 0 amide bonds. The van der Waals surface area contributed by atoms with Crippen molar-refractivity contribution in [1.82, 2.24) is 0 Å². The first-order valence-corrected chi connectivity index (χ1v) is 4.56. The highest BCUT2D eigenvalue weighted by Gasteiger charge is 2.31. The summed E-state index contributed by atoms with van der Waals surface area (Å²) in [4.78, 5) is 10.1. The molecule has 0 bridgehead atoms. The van der Waals surface area contributed by atoms with Crippen LogP contribution in [-0.4, -0.2) is 36.0 Å². The van der Waals surface area contributed by atoms with E-state index in [4.69, 9.17) is 14.6 Å². The Labute approximate surface area is 77.8 Å². The Morgan fingerprint density at radius 1 is 1.46 bits per heavy atom. The third-order valence-corrected chi connectivity index (χ3v) is 1.96. The fourth-order valence-corrected chi connectivity index (χ4v) is 1.34. The van der Waals surface area contributed by atoms with Gasteiger partial charge in [-0.1, -0.05) is 0 Å². The monoisotopic (exact) mass is 188 g/mol. The summed E-state index contributed by atoms with van der Waals surface area (Å²) in [6.45, 7) is 3.79. The standard InChI is InChI=1S/C9H16O4/c1-6(2)13-8-3-7(4-8)12-5-9(10)11/h6-8H,3-5H2,1-2H3,(H,10,11). The lowest BCUT2D eigenvalue weighted by Gasteiger charge is -2.35. The molecule has 0 heterocycles. The minimum atomic E-state index is -0.909. The summed E-state index contributed by atoms with van der Waals surface area (Å²) < 4.78 is 10.6. The molecular formula is C9H16O4. The SMILES string of the molecule is CC(C)OC1CC(OCC(=O)O)C1. The van der Waals surface area contributed by atoms with E-state index in [9.17, 15) is 4.79 Å². The first-order valence-electron chi connectivity index (χ1n) is 4.56. The van der Waals surface area contributed by atoms with Gasteiger partial charge in [0.1, 0.15) is 6.61 Å². The summed E-state index contributed by atoms with van der Waals surface area (Å²) in [5.41, 5.74) is 0. The third-order valence-electron chi connectivity index (χ3n) is 1.96. The highest BCUT2D eigenvalue weighted by Crippen LogP contribution is 2.27. The minimum Gasteiger partial charge on any atom is -0.480 e. The molecule has 0 radical (unpaired) electrons. The van der Waals surface area contributed by atoms with Crippen LogP contribution in [0, 0.1) is 0 Å². The van der Waals surface area contributed by atoms with Crippen LogP contribution in [0.5, 0.6) is 0 Å². The molecule has 4 heteroatoms. The molecule has 0 aromatic heterocycles. The molecule has 0 spiro atoms. The highest BCUT2D eigenvalue weighted by atomic mass is 16.5. The Balaban J connectivity index is 2.02. The summed E-state index contributed by atoms with van der Waals surface area (Å²) in [6, 6.07) is 0. The molecule has 1 rings (SSSR count). The van der Waals surface area contributed by atoms with Crippen molar-refractivity contribution in [3.05, 3.63) is 0 Å². The van der Waals surface area contributed by atoms with Gasteiger partial charge in [-0.15, -0.1) is 0 Å². The van der Waals surface area contributed by atoms with Crippen LogP contribution in [0.25, 0.3) is 0 Å². The lowest BCUT2D eigenvalue weighted by Crippen LogP contribution is -2.39. The third kappa shape index (κ3) is 3.74. The van der Waals surface area contributed by atoms with Crippen LogP contribution in [-0.2, 0) is 14.3 Å². The fourth-order valence-electron chi connectivity index (χ4n) is 1.34. The van der Waals surface area contributed by atoms with Gasteiger partial charge in [0.05, 0.1) is 18.3 Å². The second kappa shape index (κ2) is 4.58. The van der Waals surface area contributed by atoms with Crippen LogP contribution in [0.1, 0.15) is 26.7 Å². The van der Waals surface area contributed by atoms with Crippen molar-refractivity contribution in [3.8, 4) is 0 Å². The molecular weight excluding hydrogens is 172 g/mol. The zero-order chi connectivity index (χ0) is 9.84. The van der Waals surface area contributed by atoms with E-state index in [2.05, 4.69) is 0 Å². The fraction of sp³-hybridized carbons (Fsp3) is 0.889. The first-order chi connectivity index (χ1) is 6.08. The van der Waals surface area contributed by atoms with Crippen LogP contribution in [0.2, 0.25) is 0 Å². The molecule has 1 fully saturated rings. The van der Waals surface area contributed by atoms with E-state index in [0.29, 0.717) is 0 Å². The summed E-state index contributed by atoms with van der Waals surface area (Å²) >= 11 is 0. The number of hydrogen-bond acceptors (Lipinski definition) is 3. The molecule has 4 nitrogen and oxygen atoms in total. The predicted octanol–water partition coefficient (Wildman–Crippen LogP) is 1.04. The van der Waals surface area contributed by atoms with E-state index >= 15 is 0 Å². The number of aliphatic carboxylic acids is 1. The van der Waals surface area contributed by atoms with Crippen LogP contribution in [0.3, 0.4) is 0 Å². The van der Waals surface area contributed by atoms with Crippen molar-refractivity contribution in [2.75, 3.05) is 6.61 Å². The van der Waals surface area contributed by atoms with E-state index in [0.717, 1.165) is 12.8 Å². The highest BCUT2D eigenvalue weighted by molar-refractivity contribution is 5.68. The molecule has 0 atom stereocenters. The van der Waals surface area contributed by atoms with Gasteiger partial charge in [0.2, 0.25) is 0 Å². The maximum Gasteiger partial charge on any atom is 0.329 e. The average Bonchev–Trinajstić information content (AvgIpc) is 1.92. The normalized spacial score (nSPS) is 27.3. The zero-order valence-corrected chi connectivity index (χ0v) is 8.03. The van der Waals surface area contributed by atoms with Crippen molar-refractivity contribution in [2.45, 2.75) is 45.0 Å². The van der Waals surface area contributed by atoms with Crippen LogP contribution < -0.4 is 0 Å². The molecule has 1 aliphatic carbocycles. The van der Waals surface area contributed by atoms with Gasteiger partial charge in [-0.25, -0.2) is 4.79 Å². The van der Waals surface area contributed by atoms with Crippen LogP contribution in [0.4, 0.5) is 0 Å². The molecule has 0 aromatic carbocycles. The van der Waals surface area contributed by atoms with Crippen LogP contribution in [0.15, 0.2) is 0 Å². The summed E-state index contributed by atoms with van der Waals surface area (Å²) in [5.74, 6) is -0.909. The Morgan fingerprint density at radius 3 is 2.54 bits per heavy atom. The number of carboxylic acid groups (broad SMARTS) is 1. The molecule has 0 aliphatic heterocycles. The van der Waals surface area contributed by atoms with E-state index in [1.807, 2.05) is 13.8 Å². The predicted molar refractivity (Wildman–Crippen MR) is 46.6 cm³/mol. The van der Waals surface area contributed by atoms with Crippen LogP contribution >= 0.6 is 0 Å². The molecule has 0 saturated heterocycles. The topological polar surface area (TPSA) is 55.8 Å². The molecule has 76 valence electrons. The smallest absolute Gasteiger partial charge is 0.329 e. The Morgan fingerprint density at radius 2 is 2.08 bits per heavy atom. The molecule has 1 aliphatic rings.